The zero-order valence-corrected chi connectivity index (χ0v) is 50.8. The standard InChI is InChI=1S/C66H115O11P/c1-4-7-10-13-16-19-22-25-28-30-31-33-36-39-42-45-48-51-54-57-66(70)77-63(59-73-64(68)55-52-49-46-43-40-37-35-32-29-26-23-20-17-14-11-8-5-2)61-75-78(71,72)74-60-62(58-67)76-65(69)56-53-50-47-44-41-38-34-27-24-21-18-15-12-9-6-3/h7,9-10,12,16,18-19,21,25,27-28,31,33-34,62-63,67H,4-6,8,11,13-15,17,20,22-24,26,29-30,32,35-61H2,1-3H3,(H,71,72)/b10-7-,12-9-,19-16-,21-18-,28-25-,33-31-,34-27-. The van der Waals surface area contributed by atoms with Crippen molar-refractivity contribution in [3.05, 3.63) is 85.1 Å². The first-order valence-corrected chi connectivity index (χ1v) is 33.0. The average molecular weight is 1120 g/mol. The van der Waals surface area contributed by atoms with Gasteiger partial charge in [0.05, 0.1) is 19.8 Å². The largest absolute Gasteiger partial charge is 0.472 e. The van der Waals surface area contributed by atoms with E-state index < -0.39 is 57.8 Å². The summed E-state index contributed by atoms with van der Waals surface area (Å²) in [6, 6.07) is 0. The monoisotopic (exact) mass is 1110 g/mol. The van der Waals surface area contributed by atoms with Gasteiger partial charge >= 0.3 is 25.7 Å². The molecule has 0 heterocycles. The van der Waals surface area contributed by atoms with Gasteiger partial charge < -0.3 is 24.2 Å². The summed E-state index contributed by atoms with van der Waals surface area (Å²) in [5, 5.41) is 9.84. The third-order valence-electron chi connectivity index (χ3n) is 13.3. The molecular weight excluding hydrogens is 1000 g/mol. The molecule has 0 aromatic heterocycles. The summed E-state index contributed by atoms with van der Waals surface area (Å²) >= 11 is 0. The molecule has 0 spiro atoms. The highest BCUT2D eigenvalue weighted by Gasteiger charge is 2.28. The molecule has 0 saturated carbocycles. The van der Waals surface area contributed by atoms with Crippen LogP contribution in [-0.2, 0) is 42.2 Å². The van der Waals surface area contributed by atoms with E-state index >= 15 is 0 Å². The van der Waals surface area contributed by atoms with E-state index in [2.05, 4.69) is 106 Å². The van der Waals surface area contributed by atoms with Gasteiger partial charge in [-0.05, 0) is 89.9 Å². The number of allylic oxidation sites excluding steroid dienone is 14. The van der Waals surface area contributed by atoms with Crippen LogP contribution in [0.25, 0.3) is 0 Å². The molecule has 0 aromatic carbocycles. The Labute approximate surface area is 477 Å². The summed E-state index contributed by atoms with van der Waals surface area (Å²) in [5.41, 5.74) is 0. The molecule has 0 fully saturated rings. The SMILES string of the molecule is CC/C=C\C/C=C\C/C=C\C/C=C\CCCCCCCCC(=O)OC(COC(=O)CCCCCCCCCCCCCCCCCCC)COP(=O)(O)OCC(CO)OC(=O)CCCCCCC/C=C\C/C=C\C/C=C\CC. The minimum Gasteiger partial charge on any atom is -0.462 e. The molecule has 450 valence electrons. The second kappa shape index (κ2) is 59.8. The Morgan fingerprint density at radius 2 is 0.667 bits per heavy atom. The topological polar surface area (TPSA) is 155 Å². The number of hydrogen-bond donors (Lipinski definition) is 2. The highest BCUT2D eigenvalue weighted by Crippen LogP contribution is 2.43. The van der Waals surface area contributed by atoms with Crippen molar-refractivity contribution in [2.45, 2.75) is 290 Å². The van der Waals surface area contributed by atoms with Gasteiger partial charge in [0.2, 0.25) is 0 Å². The number of phosphoric acid groups is 1. The van der Waals surface area contributed by atoms with Crippen molar-refractivity contribution in [1.29, 1.82) is 0 Å². The van der Waals surface area contributed by atoms with Crippen LogP contribution in [0.3, 0.4) is 0 Å². The van der Waals surface area contributed by atoms with Crippen LogP contribution in [0.4, 0.5) is 0 Å². The van der Waals surface area contributed by atoms with Crippen LogP contribution in [0.1, 0.15) is 278 Å². The Balaban J connectivity index is 4.74. The van der Waals surface area contributed by atoms with Crippen molar-refractivity contribution in [3.63, 3.8) is 0 Å². The smallest absolute Gasteiger partial charge is 0.462 e. The molecule has 11 nitrogen and oxygen atoms in total. The summed E-state index contributed by atoms with van der Waals surface area (Å²) in [6.45, 7) is 4.42. The number of phosphoric ester groups is 1. The molecule has 0 aromatic rings. The minimum absolute atomic E-state index is 0.149. The second-order valence-corrected chi connectivity index (χ2v) is 22.3. The lowest BCUT2D eigenvalue weighted by atomic mass is 10.0. The van der Waals surface area contributed by atoms with Gasteiger partial charge in [0.1, 0.15) is 12.7 Å². The van der Waals surface area contributed by atoms with E-state index in [1.807, 2.05) is 0 Å². The van der Waals surface area contributed by atoms with Gasteiger partial charge in [-0.2, -0.15) is 0 Å². The molecule has 0 rings (SSSR count). The van der Waals surface area contributed by atoms with Crippen molar-refractivity contribution in [3.8, 4) is 0 Å². The Morgan fingerprint density at radius 1 is 0.372 bits per heavy atom. The van der Waals surface area contributed by atoms with Crippen molar-refractivity contribution >= 4 is 25.7 Å². The van der Waals surface area contributed by atoms with Crippen molar-refractivity contribution in [1.82, 2.24) is 0 Å². The third kappa shape index (κ3) is 57.3. The third-order valence-corrected chi connectivity index (χ3v) is 14.3. The number of esters is 3. The molecule has 3 atom stereocenters. The van der Waals surface area contributed by atoms with Crippen LogP contribution in [0.15, 0.2) is 85.1 Å². The predicted octanol–water partition coefficient (Wildman–Crippen LogP) is 19.0. The lowest BCUT2D eigenvalue weighted by Crippen LogP contribution is -2.30. The molecule has 78 heavy (non-hydrogen) atoms. The van der Waals surface area contributed by atoms with E-state index in [1.165, 1.54) is 83.5 Å². The quantitative estimate of drug-likeness (QED) is 0.0197. The van der Waals surface area contributed by atoms with Crippen LogP contribution in [0.5, 0.6) is 0 Å². The molecule has 0 bridgehead atoms. The molecule has 0 aliphatic rings. The predicted molar refractivity (Wildman–Crippen MR) is 325 cm³/mol. The van der Waals surface area contributed by atoms with Gasteiger partial charge in [0.25, 0.3) is 0 Å². The molecule has 2 N–H and O–H groups in total. The first-order chi connectivity index (χ1) is 38.2. The summed E-state index contributed by atoms with van der Waals surface area (Å²) in [4.78, 5) is 48.7. The maximum absolute atomic E-state index is 12.9. The van der Waals surface area contributed by atoms with E-state index in [0.717, 1.165) is 135 Å². The van der Waals surface area contributed by atoms with Crippen LogP contribution >= 0.6 is 7.82 Å². The summed E-state index contributed by atoms with van der Waals surface area (Å²) in [5.74, 6) is -1.49. The lowest BCUT2D eigenvalue weighted by molar-refractivity contribution is -0.161. The molecule has 0 aliphatic heterocycles. The van der Waals surface area contributed by atoms with E-state index in [1.54, 1.807) is 0 Å². The fraction of sp³-hybridized carbons (Fsp3) is 0.742. The van der Waals surface area contributed by atoms with Crippen LogP contribution in [-0.4, -0.2) is 66.5 Å². The lowest BCUT2D eigenvalue weighted by Gasteiger charge is -2.21. The number of rotatable bonds is 58. The Hall–Kier alpha value is -3.34. The average Bonchev–Trinajstić information content (AvgIpc) is 3.43. The van der Waals surface area contributed by atoms with Crippen molar-refractivity contribution < 1.29 is 52.2 Å². The maximum Gasteiger partial charge on any atom is 0.472 e. The molecule has 0 amide bonds. The zero-order chi connectivity index (χ0) is 56.9. The molecule has 0 radical (unpaired) electrons. The molecule has 12 heteroatoms. The van der Waals surface area contributed by atoms with E-state index in [9.17, 15) is 28.9 Å². The van der Waals surface area contributed by atoms with Gasteiger partial charge in [-0.3, -0.25) is 23.4 Å². The van der Waals surface area contributed by atoms with Gasteiger partial charge in [-0.25, -0.2) is 4.57 Å². The minimum atomic E-state index is -4.76. The first kappa shape index (κ1) is 74.7. The van der Waals surface area contributed by atoms with E-state index in [0.29, 0.717) is 19.3 Å². The highest BCUT2D eigenvalue weighted by molar-refractivity contribution is 7.47. The fourth-order valence-corrected chi connectivity index (χ4v) is 9.38. The first-order valence-electron chi connectivity index (χ1n) is 31.5. The maximum atomic E-state index is 12.9. The van der Waals surface area contributed by atoms with Crippen LogP contribution in [0.2, 0.25) is 0 Å². The van der Waals surface area contributed by atoms with E-state index in [4.69, 9.17) is 23.3 Å². The van der Waals surface area contributed by atoms with Gasteiger partial charge in [0.15, 0.2) is 6.10 Å². The Bertz CT molecular complexity index is 1630. The second-order valence-electron chi connectivity index (χ2n) is 20.8. The molecule has 0 aliphatic carbocycles. The van der Waals surface area contributed by atoms with Gasteiger partial charge in [-0.1, -0.05) is 254 Å². The van der Waals surface area contributed by atoms with Gasteiger partial charge in [-0.15, -0.1) is 0 Å². The number of ether oxygens (including phenoxy) is 3. The zero-order valence-electron chi connectivity index (χ0n) is 49.9. The fourth-order valence-electron chi connectivity index (χ4n) is 8.60. The van der Waals surface area contributed by atoms with Crippen LogP contribution < -0.4 is 0 Å². The van der Waals surface area contributed by atoms with E-state index in [-0.39, 0.29) is 25.9 Å². The van der Waals surface area contributed by atoms with Crippen LogP contribution in [0, 0.1) is 0 Å². The number of carbonyl (C=O) groups excluding carboxylic acids is 3. The normalized spacial score (nSPS) is 13.9. The number of carbonyl (C=O) groups is 3. The highest BCUT2D eigenvalue weighted by atomic mass is 31.2. The molecule has 3 unspecified atom stereocenters. The molecule has 0 saturated heterocycles. The van der Waals surface area contributed by atoms with Gasteiger partial charge in [0, 0.05) is 19.3 Å². The van der Waals surface area contributed by atoms with Crippen molar-refractivity contribution in [2.24, 2.45) is 0 Å². The number of unbranched alkanes of at least 4 members (excludes halogenated alkanes) is 27. The summed E-state index contributed by atoms with van der Waals surface area (Å²) in [6.07, 6.45) is 69.6. The summed E-state index contributed by atoms with van der Waals surface area (Å²) < 4.78 is 39.6. The number of aliphatic hydroxyl groups excluding tert-OH is 1. The Morgan fingerprint density at radius 3 is 1.03 bits per heavy atom. The number of aliphatic hydroxyl groups is 1. The molecular formula is C66H115O11P. The number of hydrogen-bond acceptors (Lipinski definition) is 10. The Kier molecular flexibility index (Phi) is 57.2. The summed E-state index contributed by atoms with van der Waals surface area (Å²) in [7, 11) is -4.76. The van der Waals surface area contributed by atoms with Crippen molar-refractivity contribution in [2.75, 3.05) is 26.4 Å².